The third kappa shape index (κ3) is 4.42. The van der Waals surface area contributed by atoms with Gasteiger partial charge in [0.15, 0.2) is 0 Å². The lowest BCUT2D eigenvalue weighted by molar-refractivity contribution is -0.134. The molecule has 4 aromatic rings. The van der Waals surface area contributed by atoms with Gasteiger partial charge in [-0.1, -0.05) is 47.1 Å². The Morgan fingerprint density at radius 3 is 2.59 bits per heavy atom. The number of aromatic nitrogens is 2. The summed E-state index contributed by atoms with van der Waals surface area (Å²) in [5.41, 5.74) is 1.69. The number of halogens is 1. The molecular weight excluding hydrogens is 476 g/mol. The number of carbonyl (C=O) groups excluding carboxylic acids is 1. The van der Waals surface area contributed by atoms with Gasteiger partial charge >= 0.3 is 0 Å². The van der Waals surface area contributed by atoms with Gasteiger partial charge in [0.1, 0.15) is 0 Å². The second-order valence-corrected chi connectivity index (χ2v) is 10.5. The third-order valence-corrected chi connectivity index (χ3v) is 7.86. The maximum absolute atomic E-state index is 13.2. The van der Waals surface area contributed by atoms with Crippen LogP contribution in [0.3, 0.4) is 0 Å². The molecule has 174 valence electrons. The lowest BCUT2D eigenvalue weighted by Gasteiger charge is -2.33. The van der Waals surface area contributed by atoms with Gasteiger partial charge in [-0.15, -0.1) is 0 Å². The van der Waals surface area contributed by atoms with Crippen LogP contribution in [0.4, 0.5) is 0 Å². The first kappa shape index (κ1) is 22.5. The largest absolute Gasteiger partial charge is 0.339 e. The van der Waals surface area contributed by atoms with Gasteiger partial charge in [-0.3, -0.25) is 4.79 Å². The topological polar surface area (TPSA) is 96.6 Å². The first-order valence-electron chi connectivity index (χ1n) is 10.7. The molecule has 34 heavy (non-hydrogen) atoms. The second-order valence-electron chi connectivity index (χ2n) is 8.14. The molecule has 10 heteroatoms. The number of hydrogen-bond donors (Lipinski definition) is 0. The molecule has 0 atom stereocenters. The van der Waals surface area contributed by atoms with Crippen LogP contribution in [0.15, 0.2) is 70.1 Å². The highest BCUT2D eigenvalue weighted by Gasteiger charge is 2.33. The number of benzene rings is 3. The third-order valence-electron chi connectivity index (χ3n) is 5.78. The van der Waals surface area contributed by atoms with Crippen molar-refractivity contribution in [1.82, 2.24) is 19.3 Å². The number of piperazine rings is 1. The van der Waals surface area contributed by atoms with E-state index in [1.165, 1.54) is 4.31 Å². The van der Waals surface area contributed by atoms with E-state index in [1.807, 2.05) is 24.3 Å². The summed E-state index contributed by atoms with van der Waals surface area (Å²) in [6.07, 6.45) is 0. The zero-order chi connectivity index (χ0) is 23.9. The Morgan fingerprint density at radius 2 is 1.82 bits per heavy atom. The molecule has 1 saturated heterocycles. The first-order valence-corrected chi connectivity index (χ1v) is 12.5. The molecule has 3 aromatic carbocycles. The van der Waals surface area contributed by atoms with Crippen LogP contribution in [0, 0.1) is 6.92 Å². The van der Waals surface area contributed by atoms with Gasteiger partial charge < -0.3 is 9.42 Å². The maximum atomic E-state index is 13.2. The zero-order valence-corrected chi connectivity index (χ0v) is 19.9. The minimum Gasteiger partial charge on any atom is -0.339 e. The predicted molar refractivity (Wildman–Crippen MR) is 128 cm³/mol. The Bertz CT molecular complexity index is 1500. The molecule has 1 aliphatic rings. The van der Waals surface area contributed by atoms with Crippen LogP contribution in [0.1, 0.15) is 11.5 Å². The van der Waals surface area contributed by atoms with Crippen molar-refractivity contribution in [2.75, 3.05) is 19.6 Å². The van der Waals surface area contributed by atoms with Crippen molar-refractivity contribution >= 4 is 38.3 Å². The number of sulfonamides is 1. The van der Waals surface area contributed by atoms with Crippen LogP contribution in [-0.2, 0) is 21.4 Å². The molecule has 8 nitrogen and oxygen atoms in total. The van der Waals surface area contributed by atoms with E-state index in [-0.39, 0.29) is 23.9 Å². The van der Waals surface area contributed by atoms with Crippen molar-refractivity contribution in [3.05, 3.63) is 77.1 Å². The highest BCUT2D eigenvalue weighted by Crippen LogP contribution is 2.26. The maximum Gasteiger partial charge on any atom is 0.243 e. The Kier molecular flexibility index (Phi) is 5.85. The van der Waals surface area contributed by atoms with Gasteiger partial charge in [0.2, 0.25) is 27.6 Å². The van der Waals surface area contributed by atoms with E-state index in [0.717, 1.165) is 21.9 Å². The Labute approximate surface area is 201 Å². The number of aryl methyl sites for hydroxylation is 1. The molecule has 1 fully saturated rings. The van der Waals surface area contributed by atoms with Crippen LogP contribution >= 0.6 is 11.6 Å². The van der Waals surface area contributed by atoms with Crippen molar-refractivity contribution in [2.45, 2.75) is 18.4 Å². The summed E-state index contributed by atoms with van der Waals surface area (Å²) in [5.74, 6) is 0.713. The van der Waals surface area contributed by atoms with E-state index in [0.29, 0.717) is 29.8 Å². The zero-order valence-electron chi connectivity index (χ0n) is 18.3. The van der Waals surface area contributed by atoms with Crippen molar-refractivity contribution < 1.29 is 17.7 Å². The number of amides is 1. The van der Waals surface area contributed by atoms with Crippen LogP contribution in [0.2, 0.25) is 5.02 Å². The molecule has 2 heterocycles. The van der Waals surface area contributed by atoms with E-state index in [1.54, 1.807) is 48.2 Å². The SMILES string of the molecule is Cc1nc(-c2cccc(CN3CCN(S(=O)(=O)c4ccc5cc(Cl)ccc5c4)CC3=O)c2)no1. The second kappa shape index (κ2) is 8.83. The summed E-state index contributed by atoms with van der Waals surface area (Å²) < 4.78 is 32.7. The van der Waals surface area contributed by atoms with Gasteiger partial charge in [0.05, 0.1) is 11.4 Å². The summed E-state index contributed by atoms with van der Waals surface area (Å²) in [4.78, 5) is 18.9. The summed E-state index contributed by atoms with van der Waals surface area (Å²) in [6.45, 7) is 2.40. The summed E-state index contributed by atoms with van der Waals surface area (Å²) >= 11 is 6.02. The Balaban J connectivity index is 1.30. The molecule has 0 saturated carbocycles. The molecule has 0 N–H and O–H groups in total. The molecule has 0 bridgehead atoms. The molecular formula is C24H21ClN4O4S. The monoisotopic (exact) mass is 496 g/mol. The summed E-state index contributed by atoms with van der Waals surface area (Å²) in [7, 11) is -3.81. The molecule has 5 rings (SSSR count). The highest BCUT2D eigenvalue weighted by atomic mass is 35.5. The van der Waals surface area contributed by atoms with E-state index >= 15 is 0 Å². The van der Waals surface area contributed by atoms with Gasteiger partial charge in [0.25, 0.3) is 0 Å². The van der Waals surface area contributed by atoms with Gasteiger partial charge in [-0.05, 0) is 46.7 Å². The minimum absolute atomic E-state index is 0.159. The smallest absolute Gasteiger partial charge is 0.243 e. The highest BCUT2D eigenvalue weighted by molar-refractivity contribution is 7.89. The van der Waals surface area contributed by atoms with Crippen LogP contribution in [0.25, 0.3) is 22.2 Å². The number of fused-ring (bicyclic) bond motifs is 1. The fraction of sp³-hybridized carbons (Fsp3) is 0.208. The number of rotatable bonds is 5. The van der Waals surface area contributed by atoms with Crippen LogP contribution in [0.5, 0.6) is 0 Å². The fourth-order valence-corrected chi connectivity index (χ4v) is 5.61. The average molecular weight is 497 g/mol. The molecule has 0 radical (unpaired) electrons. The lowest BCUT2D eigenvalue weighted by atomic mass is 10.1. The summed E-state index contributed by atoms with van der Waals surface area (Å²) in [6, 6.07) is 17.7. The van der Waals surface area contributed by atoms with Crippen molar-refractivity contribution in [1.29, 1.82) is 0 Å². The molecule has 0 spiro atoms. The first-order chi connectivity index (χ1) is 16.3. The molecule has 1 aliphatic heterocycles. The Hall–Kier alpha value is -3.27. The van der Waals surface area contributed by atoms with Crippen LogP contribution < -0.4 is 0 Å². The van der Waals surface area contributed by atoms with Gasteiger partial charge in [0, 0.05) is 37.1 Å². The van der Waals surface area contributed by atoms with E-state index in [2.05, 4.69) is 10.1 Å². The quantitative estimate of drug-likeness (QED) is 0.416. The number of carbonyl (C=O) groups is 1. The van der Waals surface area contributed by atoms with Crippen LogP contribution in [-0.4, -0.2) is 53.3 Å². The Morgan fingerprint density at radius 1 is 1.03 bits per heavy atom. The van der Waals surface area contributed by atoms with Crippen molar-refractivity contribution in [3.63, 3.8) is 0 Å². The minimum atomic E-state index is -3.81. The van der Waals surface area contributed by atoms with Crippen molar-refractivity contribution in [2.24, 2.45) is 0 Å². The van der Waals surface area contributed by atoms with Gasteiger partial charge in [-0.25, -0.2) is 8.42 Å². The summed E-state index contributed by atoms with van der Waals surface area (Å²) in [5, 5.41) is 6.14. The lowest BCUT2D eigenvalue weighted by Crippen LogP contribution is -2.51. The fourth-order valence-electron chi connectivity index (χ4n) is 4.01. The predicted octanol–water partition coefficient (Wildman–Crippen LogP) is 3.88. The van der Waals surface area contributed by atoms with E-state index in [4.69, 9.17) is 16.1 Å². The molecule has 0 aliphatic carbocycles. The number of nitrogens with zero attached hydrogens (tertiary/aromatic N) is 4. The number of hydrogen-bond acceptors (Lipinski definition) is 6. The average Bonchev–Trinajstić information content (AvgIpc) is 3.26. The normalized spacial score (nSPS) is 15.2. The van der Waals surface area contributed by atoms with Crippen molar-refractivity contribution in [3.8, 4) is 11.4 Å². The molecule has 1 amide bonds. The standard InChI is InChI=1S/C24H21ClN4O4S/c1-16-26-24(27-33-16)20-4-2-3-17(11-20)14-28-9-10-29(15-23(28)30)34(31,32)22-8-6-18-12-21(25)7-5-19(18)13-22/h2-8,11-13H,9-10,14-15H2,1H3. The van der Waals surface area contributed by atoms with E-state index in [9.17, 15) is 13.2 Å². The van der Waals surface area contributed by atoms with Gasteiger partial charge in [-0.2, -0.15) is 9.29 Å². The molecule has 0 unspecified atom stereocenters. The molecule has 1 aromatic heterocycles. The van der Waals surface area contributed by atoms with E-state index < -0.39 is 10.0 Å².